The average molecular weight is 467 g/mol. The van der Waals surface area contributed by atoms with Gasteiger partial charge in [-0.3, -0.25) is 4.98 Å². The summed E-state index contributed by atoms with van der Waals surface area (Å²) in [4.78, 5) is 11.0. The fourth-order valence-electron chi connectivity index (χ4n) is 4.05. The summed E-state index contributed by atoms with van der Waals surface area (Å²) in [7, 11) is 1.89. The van der Waals surface area contributed by atoms with E-state index in [4.69, 9.17) is 5.26 Å². The van der Waals surface area contributed by atoms with Crippen LogP contribution in [0.15, 0.2) is 73.8 Å². The number of nitrogens with one attached hydrogen (secondary N) is 2. The molecule has 6 heteroatoms. The normalized spacial score (nSPS) is 12.6. The smallest absolute Gasteiger partial charge is 0.140 e. The SMILES string of the molecule is C=C(Nc1ccc(C#N)nc1)C(=C)c1cc(-c2cncc(N3CCCCC3)c2)ccc1NC.CC. The van der Waals surface area contributed by atoms with Crippen molar-refractivity contribution in [1.29, 1.82) is 5.26 Å². The third kappa shape index (κ3) is 6.27. The highest BCUT2D eigenvalue weighted by Gasteiger charge is 2.14. The molecule has 3 aromatic rings. The summed E-state index contributed by atoms with van der Waals surface area (Å²) in [6, 6.07) is 14.0. The van der Waals surface area contributed by atoms with Crippen molar-refractivity contribution >= 4 is 22.6 Å². The van der Waals surface area contributed by atoms with Crippen molar-refractivity contribution in [1.82, 2.24) is 9.97 Å². The molecular formula is C29H34N6. The van der Waals surface area contributed by atoms with E-state index in [-0.39, 0.29) is 0 Å². The van der Waals surface area contributed by atoms with E-state index in [0.29, 0.717) is 11.4 Å². The second-order valence-electron chi connectivity index (χ2n) is 8.12. The standard InChI is InChI=1S/C27H28N6.C2H6/c1-19(20(2)32-24-9-8-23(15-28)31-17-24)26-14-21(7-10-27(26)29-3)22-13-25(18-30-16-22)33-11-5-4-6-12-33;1-2/h7-10,13-14,16-18,29,32H,1-2,4-6,11-12H2,3H3;1-2H3. The van der Waals surface area contributed by atoms with Crippen molar-refractivity contribution in [3.63, 3.8) is 0 Å². The molecule has 0 atom stereocenters. The maximum Gasteiger partial charge on any atom is 0.140 e. The summed E-state index contributed by atoms with van der Waals surface area (Å²) in [5.74, 6) is 0. The van der Waals surface area contributed by atoms with Gasteiger partial charge in [0, 0.05) is 48.8 Å². The first-order valence-corrected chi connectivity index (χ1v) is 12.1. The van der Waals surface area contributed by atoms with E-state index in [1.165, 1.54) is 24.9 Å². The number of nitriles is 1. The molecule has 6 nitrogen and oxygen atoms in total. The van der Waals surface area contributed by atoms with Crippen molar-refractivity contribution in [2.75, 3.05) is 35.7 Å². The Morgan fingerprint density at radius 3 is 2.40 bits per heavy atom. The molecule has 4 rings (SSSR count). The van der Waals surface area contributed by atoms with Crippen LogP contribution >= 0.6 is 0 Å². The highest BCUT2D eigenvalue weighted by molar-refractivity contribution is 5.88. The van der Waals surface area contributed by atoms with Crippen molar-refractivity contribution in [3.05, 3.63) is 85.1 Å². The lowest BCUT2D eigenvalue weighted by Crippen LogP contribution is -2.29. The van der Waals surface area contributed by atoms with E-state index in [1.807, 2.05) is 39.4 Å². The van der Waals surface area contributed by atoms with Crippen molar-refractivity contribution in [2.24, 2.45) is 0 Å². The van der Waals surface area contributed by atoms with Crippen LogP contribution in [0.4, 0.5) is 17.1 Å². The molecule has 180 valence electrons. The van der Waals surface area contributed by atoms with Gasteiger partial charge in [0.15, 0.2) is 0 Å². The second-order valence-corrected chi connectivity index (χ2v) is 8.12. The predicted octanol–water partition coefficient (Wildman–Crippen LogP) is 6.71. The lowest BCUT2D eigenvalue weighted by Gasteiger charge is -2.28. The molecule has 35 heavy (non-hydrogen) atoms. The topological polar surface area (TPSA) is 76.9 Å². The molecule has 1 aliphatic heterocycles. The van der Waals surface area contributed by atoms with Gasteiger partial charge in [-0.15, -0.1) is 0 Å². The third-order valence-electron chi connectivity index (χ3n) is 5.93. The number of allylic oxidation sites excluding steroid dienone is 1. The minimum atomic E-state index is 0.371. The number of hydrogen-bond acceptors (Lipinski definition) is 6. The summed E-state index contributed by atoms with van der Waals surface area (Å²) in [6.45, 7) is 14.6. The molecule has 0 unspecified atom stereocenters. The van der Waals surface area contributed by atoms with Crippen molar-refractivity contribution in [3.8, 4) is 17.2 Å². The van der Waals surface area contributed by atoms with Crippen LogP contribution in [0.5, 0.6) is 0 Å². The van der Waals surface area contributed by atoms with Crippen LogP contribution in [0.3, 0.4) is 0 Å². The Morgan fingerprint density at radius 1 is 0.971 bits per heavy atom. The van der Waals surface area contributed by atoms with Crippen LogP contribution in [-0.2, 0) is 0 Å². The van der Waals surface area contributed by atoms with Gasteiger partial charge >= 0.3 is 0 Å². The minimum absolute atomic E-state index is 0.371. The quantitative estimate of drug-likeness (QED) is 0.377. The fraction of sp³-hybridized carbons (Fsp3) is 0.276. The molecular weight excluding hydrogens is 432 g/mol. The molecule has 0 aliphatic carbocycles. The predicted molar refractivity (Wildman–Crippen MR) is 147 cm³/mol. The number of piperidine rings is 1. The van der Waals surface area contributed by atoms with E-state index < -0.39 is 0 Å². The summed E-state index contributed by atoms with van der Waals surface area (Å²) >= 11 is 0. The molecule has 2 aromatic heterocycles. The zero-order chi connectivity index (χ0) is 25.2. The molecule has 0 amide bonds. The lowest BCUT2D eigenvalue weighted by molar-refractivity contribution is 0.577. The maximum absolute atomic E-state index is 8.94. The molecule has 1 saturated heterocycles. The largest absolute Gasteiger partial charge is 0.388 e. The average Bonchev–Trinajstić information content (AvgIpc) is 2.94. The Morgan fingerprint density at radius 2 is 1.74 bits per heavy atom. The Kier molecular flexibility index (Phi) is 9.02. The highest BCUT2D eigenvalue weighted by atomic mass is 15.1. The van der Waals surface area contributed by atoms with Gasteiger partial charge in [0.1, 0.15) is 11.8 Å². The van der Waals surface area contributed by atoms with Gasteiger partial charge in [-0.05, 0) is 60.7 Å². The Labute approximate surface area is 209 Å². The molecule has 0 saturated carbocycles. The molecule has 0 spiro atoms. The molecule has 2 N–H and O–H groups in total. The van der Waals surface area contributed by atoms with E-state index in [2.05, 4.69) is 62.9 Å². The van der Waals surface area contributed by atoms with E-state index in [9.17, 15) is 0 Å². The number of anilines is 3. The van der Waals surface area contributed by atoms with Crippen LogP contribution in [-0.4, -0.2) is 30.1 Å². The minimum Gasteiger partial charge on any atom is -0.388 e. The van der Waals surface area contributed by atoms with Crippen LogP contribution in [0.25, 0.3) is 16.7 Å². The summed E-state index contributed by atoms with van der Waals surface area (Å²) in [5.41, 5.74) is 7.79. The number of pyridine rings is 2. The van der Waals surface area contributed by atoms with Gasteiger partial charge in [-0.25, -0.2) is 4.98 Å². The van der Waals surface area contributed by atoms with E-state index in [0.717, 1.165) is 46.7 Å². The van der Waals surface area contributed by atoms with Crippen molar-refractivity contribution < 1.29 is 0 Å². The Hall–Kier alpha value is -4.11. The highest BCUT2D eigenvalue weighted by Crippen LogP contribution is 2.33. The number of hydrogen-bond donors (Lipinski definition) is 2. The number of nitrogens with zero attached hydrogens (tertiary/aromatic N) is 4. The van der Waals surface area contributed by atoms with Crippen LogP contribution in [0.1, 0.15) is 44.4 Å². The van der Waals surface area contributed by atoms with Gasteiger partial charge in [0.05, 0.1) is 23.8 Å². The van der Waals surface area contributed by atoms with Crippen LogP contribution in [0, 0.1) is 11.3 Å². The summed E-state index contributed by atoms with van der Waals surface area (Å²) < 4.78 is 0. The third-order valence-corrected chi connectivity index (χ3v) is 5.93. The van der Waals surface area contributed by atoms with Crippen LogP contribution in [0.2, 0.25) is 0 Å². The summed E-state index contributed by atoms with van der Waals surface area (Å²) in [6.07, 6.45) is 9.24. The monoisotopic (exact) mass is 466 g/mol. The van der Waals surface area contributed by atoms with E-state index in [1.54, 1.807) is 18.3 Å². The Bertz CT molecular complexity index is 1200. The lowest BCUT2D eigenvalue weighted by atomic mass is 9.97. The van der Waals surface area contributed by atoms with E-state index >= 15 is 0 Å². The van der Waals surface area contributed by atoms with Gasteiger partial charge in [-0.2, -0.15) is 5.26 Å². The molecule has 3 heterocycles. The van der Waals surface area contributed by atoms with Gasteiger partial charge in [0.2, 0.25) is 0 Å². The maximum atomic E-state index is 8.94. The first-order chi connectivity index (χ1) is 17.1. The van der Waals surface area contributed by atoms with Gasteiger partial charge in [-0.1, -0.05) is 33.1 Å². The fourth-order valence-corrected chi connectivity index (χ4v) is 4.05. The molecule has 1 aromatic carbocycles. The Balaban J connectivity index is 0.00000167. The zero-order valence-corrected chi connectivity index (χ0v) is 20.9. The number of rotatable bonds is 7. The van der Waals surface area contributed by atoms with Gasteiger partial charge < -0.3 is 15.5 Å². The van der Waals surface area contributed by atoms with Gasteiger partial charge in [0.25, 0.3) is 0 Å². The number of aromatic nitrogens is 2. The summed E-state index contributed by atoms with van der Waals surface area (Å²) in [5, 5.41) is 15.4. The molecule has 0 radical (unpaired) electrons. The molecule has 1 aliphatic rings. The molecule has 1 fully saturated rings. The first-order valence-electron chi connectivity index (χ1n) is 12.1. The zero-order valence-electron chi connectivity index (χ0n) is 20.9. The second kappa shape index (κ2) is 12.4. The molecule has 0 bridgehead atoms. The van der Waals surface area contributed by atoms with Crippen molar-refractivity contribution in [2.45, 2.75) is 33.1 Å². The first kappa shape index (κ1) is 25.5. The van der Waals surface area contributed by atoms with Crippen LogP contribution < -0.4 is 15.5 Å². The number of benzene rings is 1.